The number of rotatable bonds is 3. The summed E-state index contributed by atoms with van der Waals surface area (Å²) in [6.45, 7) is 0. The Morgan fingerprint density at radius 3 is 2.57 bits per heavy atom. The van der Waals surface area contributed by atoms with Crippen LogP contribution < -0.4 is 16.8 Å². The van der Waals surface area contributed by atoms with Crippen molar-refractivity contribution in [1.29, 1.82) is 0 Å². The molecule has 5 N–H and O–H groups in total. The molecule has 1 aromatic rings. The second kappa shape index (κ2) is 7.64. The zero-order chi connectivity index (χ0) is 14.7. The fraction of sp³-hybridized carbons (Fsp3) is 0.429. The number of amides is 2. The van der Waals surface area contributed by atoms with Crippen LogP contribution in [0.1, 0.15) is 36.0 Å². The SMILES string of the molecule is Cl.NC(=O)c1ccc(NC(=O)C2CCCC(N)C2)cc1Cl. The molecule has 2 amide bonds. The van der Waals surface area contributed by atoms with E-state index in [1.807, 2.05) is 0 Å². The molecule has 116 valence electrons. The number of anilines is 1. The third kappa shape index (κ3) is 4.59. The Morgan fingerprint density at radius 1 is 1.29 bits per heavy atom. The van der Waals surface area contributed by atoms with Crippen LogP contribution in [0.25, 0.3) is 0 Å². The molecular weight excluding hydrogens is 313 g/mol. The maximum Gasteiger partial charge on any atom is 0.250 e. The van der Waals surface area contributed by atoms with Crippen LogP contribution in [0.5, 0.6) is 0 Å². The van der Waals surface area contributed by atoms with E-state index in [4.69, 9.17) is 23.1 Å². The van der Waals surface area contributed by atoms with Crippen molar-refractivity contribution in [2.75, 3.05) is 5.32 Å². The van der Waals surface area contributed by atoms with Crippen molar-refractivity contribution >= 4 is 41.5 Å². The number of carbonyl (C=O) groups is 2. The summed E-state index contributed by atoms with van der Waals surface area (Å²) in [5, 5.41) is 3.04. The summed E-state index contributed by atoms with van der Waals surface area (Å²) in [4.78, 5) is 23.2. The normalized spacial score (nSPS) is 21.2. The van der Waals surface area contributed by atoms with Gasteiger partial charge in [0.25, 0.3) is 0 Å². The molecule has 1 fully saturated rings. The topological polar surface area (TPSA) is 98.2 Å². The number of carbonyl (C=O) groups excluding carboxylic acids is 2. The largest absolute Gasteiger partial charge is 0.366 e. The highest BCUT2D eigenvalue weighted by Gasteiger charge is 2.25. The minimum absolute atomic E-state index is 0. The molecule has 1 aliphatic carbocycles. The predicted octanol–water partition coefficient (Wildman–Crippen LogP) is 2.32. The average Bonchev–Trinajstić information content (AvgIpc) is 2.38. The molecule has 0 aliphatic heterocycles. The first-order valence-electron chi connectivity index (χ1n) is 6.63. The van der Waals surface area contributed by atoms with E-state index in [-0.39, 0.29) is 40.9 Å². The molecule has 0 heterocycles. The van der Waals surface area contributed by atoms with Crippen molar-refractivity contribution in [2.24, 2.45) is 17.4 Å². The fourth-order valence-corrected chi connectivity index (χ4v) is 2.78. The standard InChI is InChI=1S/C14H18ClN3O2.ClH/c15-12-7-10(4-5-11(12)13(17)19)18-14(20)8-2-1-3-9(16)6-8;/h4-5,7-9H,1-3,6,16H2,(H2,17,19)(H,18,20);1H. The number of primary amides is 1. The van der Waals surface area contributed by atoms with Crippen molar-refractivity contribution in [3.05, 3.63) is 28.8 Å². The molecular formula is C14H19Cl2N3O2. The van der Waals surface area contributed by atoms with Gasteiger partial charge in [-0.1, -0.05) is 18.0 Å². The van der Waals surface area contributed by atoms with Crippen LogP contribution in [0.15, 0.2) is 18.2 Å². The van der Waals surface area contributed by atoms with Crippen LogP contribution in [0.4, 0.5) is 5.69 Å². The van der Waals surface area contributed by atoms with E-state index in [0.29, 0.717) is 12.1 Å². The quantitative estimate of drug-likeness (QED) is 0.792. The zero-order valence-electron chi connectivity index (χ0n) is 11.5. The molecule has 1 aliphatic rings. The van der Waals surface area contributed by atoms with E-state index in [1.54, 1.807) is 6.07 Å². The predicted molar refractivity (Wildman–Crippen MR) is 85.8 cm³/mol. The minimum atomic E-state index is -0.592. The Kier molecular flexibility index (Phi) is 6.45. The molecule has 0 saturated heterocycles. The van der Waals surface area contributed by atoms with E-state index < -0.39 is 5.91 Å². The summed E-state index contributed by atoms with van der Waals surface area (Å²) in [5.74, 6) is -0.706. The first kappa shape index (κ1) is 17.8. The molecule has 0 spiro atoms. The molecule has 21 heavy (non-hydrogen) atoms. The van der Waals surface area contributed by atoms with E-state index in [9.17, 15) is 9.59 Å². The lowest BCUT2D eigenvalue weighted by Crippen LogP contribution is -2.34. The van der Waals surface area contributed by atoms with Crippen molar-refractivity contribution < 1.29 is 9.59 Å². The van der Waals surface area contributed by atoms with Gasteiger partial charge in [0.1, 0.15) is 0 Å². The highest BCUT2D eigenvalue weighted by Crippen LogP contribution is 2.26. The van der Waals surface area contributed by atoms with Gasteiger partial charge in [-0.25, -0.2) is 0 Å². The van der Waals surface area contributed by atoms with Crippen molar-refractivity contribution in [3.8, 4) is 0 Å². The third-order valence-corrected chi connectivity index (χ3v) is 3.90. The second-order valence-electron chi connectivity index (χ2n) is 5.17. The van der Waals surface area contributed by atoms with Crippen molar-refractivity contribution in [3.63, 3.8) is 0 Å². The van der Waals surface area contributed by atoms with Crippen molar-refractivity contribution in [1.82, 2.24) is 0 Å². The Balaban J connectivity index is 0.00000220. The van der Waals surface area contributed by atoms with E-state index >= 15 is 0 Å². The van der Waals surface area contributed by atoms with Gasteiger partial charge in [-0.15, -0.1) is 12.4 Å². The number of halogens is 2. The number of nitrogens with two attached hydrogens (primary N) is 2. The van der Waals surface area contributed by atoms with Crippen LogP contribution in [0.3, 0.4) is 0 Å². The summed E-state index contributed by atoms with van der Waals surface area (Å²) in [7, 11) is 0. The Bertz CT molecular complexity index is 537. The van der Waals surface area contributed by atoms with Gasteiger partial charge in [0.15, 0.2) is 0 Å². The van der Waals surface area contributed by atoms with E-state index in [0.717, 1.165) is 19.3 Å². The summed E-state index contributed by atoms with van der Waals surface area (Å²) in [5.41, 5.74) is 11.9. The Hall–Kier alpha value is -1.30. The Morgan fingerprint density at radius 2 is 2.00 bits per heavy atom. The first-order valence-corrected chi connectivity index (χ1v) is 7.01. The number of nitrogens with one attached hydrogen (secondary N) is 1. The summed E-state index contributed by atoms with van der Waals surface area (Å²) in [6.07, 6.45) is 3.51. The summed E-state index contributed by atoms with van der Waals surface area (Å²) in [6, 6.07) is 4.75. The molecule has 0 bridgehead atoms. The van der Waals surface area contributed by atoms with Gasteiger partial charge >= 0.3 is 0 Å². The van der Waals surface area contributed by atoms with Crippen molar-refractivity contribution in [2.45, 2.75) is 31.7 Å². The van der Waals surface area contributed by atoms with Crippen LogP contribution in [-0.4, -0.2) is 17.9 Å². The summed E-state index contributed by atoms with van der Waals surface area (Å²) < 4.78 is 0. The smallest absolute Gasteiger partial charge is 0.250 e. The first-order chi connectivity index (χ1) is 9.47. The lowest BCUT2D eigenvalue weighted by molar-refractivity contribution is -0.120. The van der Waals surface area contributed by atoms with E-state index in [1.165, 1.54) is 12.1 Å². The molecule has 7 heteroatoms. The molecule has 2 atom stereocenters. The van der Waals surface area contributed by atoms with Gasteiger partial charge in [0, 0.05) is 17.6 Å². The fourth-order valence-electron chi connectivity index (χ4n) is 2.50. The highest BCUT2D eigenvalue weighted by atomic mass is 35.5. The molecule has 5 nitrogen and oxygen atoms in total. The monoisotopic (exact) mass is 331 g/mol. The summed E-state index contributed by atoms with van der Waals surface area (Å²) >= 11 is 5.94. The Labute approximate surface area is 134 Å². The van der Waals surface area contributed by atoms with Gasteiger partial charge in [0.05, 0.1) is 10.6 Å². The maximum atomic E-state index is 12.1. The van der Waals surface area contributed by atoms with Crippen LogP contribution in [0, 0.1) is 5.92 Å². The molecule has 2 unspecified atom stereocenters. The minimum Gasteiger partial charge on any atom is -0.366 e. The van der Waals surface area contributed by atoms with Gasteiger partial charge < -0.3 is 16.8 Å². The molecule has 1 aromatic carbocycles. The lowest BCUT2D eigenvalue weighted by Gasteiger charge is -2.25. The lowest BCUT2D eigenvalue weighted by atomic mass is 9.85. The van der Waals surface area contributed by atoms with Gasteiger partial charge in [0.2, 0.25) is 11.8 Å². The molecule has 2 rings (SSSR count). The molecule has 0 radical (unpaired) electrons. The highest BCUT2D eigenvalue weighted by molar-refractivity contribution is 6.34. The number of hydrogen-bond donors (Lipinski definition) is 3. The van der Waals surface area contributed by atoms with Gasteiger partial charge in [-0.2, -0.15) is 0 Å². The maximum absolute atomic E-state index is 12.1. The second-order valence-corrected chi connectivity index (χ2v) is 5.58. The van der Waals surface area contributed by atoms with E-state index in [2.05, 4.69) is 5.32 Å². The van der Waals surface area contributed by atoms with Crippen LogP contribution >= 0.6 is 24.0 Å². The average molecular weight is 332 g/mol. The molecule has 1 saturated carbocycles. The third-order valence-electron chi connectivity index (χ3n) is 3.59. The molecule has 0 aromatic heterocycles. The zero-order valence-corrected chi connectivity index (χ0v) is 13.0. The number of hydrogen-bond acceptors (Lipinski definition) is 3. The van der Waals surface area contributed by atoms with Crippen LogP contribution in [-0.2, 0) is 4.79 Å². The van der Waals surface area contributed by atoms with Crippen LogP contribution in [0.2, 0.25) is 5.02 Å². The van der Waals surface area contributed by atoms with Gasteiger partial charge in [-0.3, -0.25) is 9.59 Å². The number of benzene rings is 1. The van der Waals surface area contributed by atoms with Gasteiger partial charge in [-0.05, 0) is 37.5 Å².